The molecule has 3 aliphatic rings. The first-order chi connectivity index (χ1) is 14.2. The molecule has 0 bridgehead atoms. The van der Waals surface area contributed by atoms with Crippen LogP contribution in [-0.4, -0.2) is 20.8 Å². The van der Waals surface area contributed by atoms with Crippen LogP contribution in [-0.2, 0) is 10.3 Å². The predicted octanol–water partition coefficient (Wildman–Crippen LogP) is 3.31. The van der Waals surface area contributed by atoms with Crippen LogP contribution in [0.3, 0.4) is 0 Å². The van der Waals surface area contributed by atoms with Gasteiger partial charge < -0.3 is 4.74 Å². The van der Waals surface area contributed by atoms with E-state index in [1.54, 1.807) is 9.91 Å². The van der Waals surface area contributed by atoms with Crippen molar-refractivity contribution in [2.24, 2.45) is 0 Å². The Morgan fingerprint density at radius 1 is 1.03 bits per heavy atom. The lowest BCUT2D eigenvalue weighted by Crippen LogP contribution is -2.34. The molecule has 1 aliphatic carbocycles. The molecule has 0 atom stereocenters. The van der Waals surface area contributed by atoms with Crippen molar-refractivity contribution in [1.29, 1.82) is 0 Å². The van der Waals surface area contributed by atoms with E-state index in [1.165, 1.54) is 0 Å². The second-order valence-electron chi connectivity index (χ2n) is 7.79. The van der Waals surface area contributed by atoms with Crippen LogP contribution in [0.15, 0.2) is 54.6 Å². The molecule has 1 aromatic heterocycles. The number of carbonyl (C=O) groups is 1. The monoisotopic (exact) mass is 388 g/mol. The molecule has 1 fully saturated rings. The molecule has 3 heterocycles. The number of fused-ring (bicyclic) bond motifs is 3. The van der Waals surface area contributed by atoms with Crippen molar-refractivity contribution in [2.75, 3.05) is 16.1 Å². The number of nitrogens with zero attached hydrogens (tertiary/aromatic N) is 4. The van der Waals surface area contributed by atoms with Crippen molar-refractivity contribution < 1.29 is 9.53 Å². The molecule has 0 unspecified atom stereocenters. The summed E-state index contributed by atoms with van der Waals surface area (Å²) in [6.45, 7) is 0. The SMILES string of the molecule is O=C1OC2(CCC(c3nc4n(n3)NN(c3ccccc3)N4)CC2)c2ccccc21. The van der Waals surface area contributed by atoms with E-state index >= 15 is 0 Å². The van der Waals surface area contributed by atoms with Gasteiger partial charge in [-0.1, -0.05) is 36.4 Å². The number of aromatic nitrogens is 3. The maximum atomic E-state index is 12.3. The first-order valence-electron chi connectivity index (χ1n) is 9.90. The number of hydrogen-bond acceptors (Lipinski definition) is 7. The average Bonchev–Trinajstić information content (AvgIpc) is 3.41. The molecule has 146 valence electrons. The first-order valence-corrected chi connectivity index (χ1v) is 9.90. The number of para-hydroxylation sites is 1. The van der Waals surface area contributed by atoms with Crippen LogP contribution in [0.1, 0.15) is 53.3 Å². The standard InChI is InChI=1S/C21H20N6O2/c28-19-16-8-4-5-9-17(16)21(29-19)12-10-14(11-13-21)18-22-20-24-26(25-27(20)23-18)15-6-2-1-3-7-15/h1-9,14,25H,10-13H2,(H,22,23,24). The number of anilines is 2. The minimum Gasteiger partial charge on any atom is -0.451 e. The predicted molar refractivity (Wildman–Crippen MR) is 107 cm³/mol. The lowest BCUT2D eigenvalue weighted by molar-refractivity contribution is -0.0312. The van der Waals surface area contributed by atoms with Crippen molar-refractivity contribution in [2.45, 2.75) is 37.2 Å². The summed E-state index contributed by atoms with van der Waals surface area (Å²) in [6.07, 6.45) is 3.35. The van der Waals surface area contributed by atoms with E-state index in [1.807, 2.05) is 54.6 Å². The van der Waals surface area contributed by atoms with E-state index in [0.717, 1.165) is 42.8 Å². The molecule has 6 rings (SSSR count). The minimum absolute atomic E-state index is 0.201. The third-order valence-corrected chi connectivity index (χ3v) is 6.13. The topological polar surface area (TPSA) is 84.3 Å². The van der Waals surface area contributed by atoms with Gasteiger partial charge in [-0.15, -0.1) is 9.89 Å². The van der Waals surface area contributed by atoms with Crippen LogP contribution in [0.4, 0.5) is 11.6 Å². The summed E-state index contributed by atoms with van der Waals surface area (Å²) in [7, 11) is 0. The minimum atomic E-state index is -0.479. The Bertz CT molecular complexity index is 1060. The van der Waals surface area contributed by atoms with Crippen molar-refractivity contribution in [3.63, 3.8) is 0 Å². The molecule has 1 spiro atoms. The average molecular weight is 388 g/mol. The van der Waals surface area contributed by atoms with Crippen molar-refractivity contribution in [1.82, 2.24) is 14.9 Å². The molecule has 0 radical (unpaired) electrons. The molecule has 0 saturated heterocycles. The van der Waals surface area contributed by atoms with E-state index in [9.17, 15) is 4.79 Å². The van der Waals surface area contributed by atoms with Gasteiger partial charge in [-0.25, -0.2) is 10.2 Å². The van der Waals surface area contributed by atoms with Gasteiger partial charge in [-0.2, -0.15) is 15.6 Å². The molecule has 8 heteroatoms. The van der Waals surface area contributed by atoms with Crippen LogP contribution in [0, 0.1) is 0 Å². The van der Waals surface area contributed by atoms with Gasteiger partial charge >= 0.3 is 5.97 Å². The van der Waals surface area contributed by atoms with Crippen molar-refractivity contribution in [3.05, 3.63) is 71.5 Å². The Labute approximate surface area is 167 Å². The summed E-state index contributed by atoms with van der Waals surface area (Å²) in [5.74, 6) is 1.54. The second kappa shape index (κ2) is 5.97. The Morgan fingerprint density at radius 2 is 1.79 bits per heavy atom. The molecule has 8 nitrogen and oxygen atoms in total. The van der Waals surface area contributed by atoms with E-state index < -0.39 is 5.60 Å². The summed E-state index contributed by atoms with van der Waals surface area (Å²) in [4.78, 5) is 18.6. The van der Waals surface area contributed by atoms with Crippen LogP contribution >= 0.6 is 0 Å². The number of hydrogen-bond donors (Lipinski definition) is 2. The molecular weight excluding hydrogens is 368 g/mol. The Kier molecular flexibility index (Phi) is 3.38. The van der Waals surface area contributed by atoms with Gasteiger partial charge in [0.2, 0.25) is 0 Å². The number of carbonyl (C=O) groups excluding carboxylic acids is 1. The van der Waals surface area contributed by atoms with Gasteiger partial charge in [-0.3, -0.25) is 0 Å². The Hall–Kier alpha value is -3.55. The molecule has 29 heavy (non-hydrogen) atoms. The van der Waals surface area contributed by atoms with Gasteiger partial charge in [0.05, 0.1) is 11.3 Å². The number of rotatable bonds is 2. The molecule has 2 N–H and O–H groups in total. The zero-order valence-corrected chi connectivity index (χ0v) is 15.7. The fourth-order valence-corrected chi connectivity index (χ4v) is 4.62. The number of esters is 1. The largest absolute Gasteiger partial charge is 0.451 e. The first kappa shape index (κ1) is 16.4. The second-order valence-corrected chi connectivity index (χ2v) is 7.79. The lowest BCUT2D eigenvalue weighted by Gasteiger charge is -2.35. The van der Waals surface area contributed by atoms with E-state index in [4.69, 9.17) is 9.72 Å². The van der Waals surface area contributed by atoms with Gasteiger partial charge in [0.25, 0.3) is 5.95 Å². The van der Waals surface area contributed by atoms with Gasteiger partial charge in [0, 0.05) is 11.5 Å². The normalized spacial score (nSPS) is 24.6. The maximum Gasteiger partial charge on any atom is 0.339 e. The Morgan fingerprint density at radius 3 is 2.59 bits per heavy atom. The van der Waals surface area contributed by atoms with Crippen LogP contribution < -0.4 is 16.1 Å². The van der Waals surface area contributed by atoms with Crippen molar-refractivity contribution in [3.8, 4) is 0 Å². The van der Waals surface area contributed by atoms with Crippen LogP contribution in [0.5, 0.6) is 0 Å². The van der Waals surface area contributed by atoms with Gasteiger partial charge in [-0.05, 0) is 43.9 Å². The highest BCUT2D eigenvalue weighted by Crippen LogP contribution is 2.49. The summed E-state index contributed by atoms with van der Waals surface area (Å²) in [6, 6.07) is 17.7. The smallest absolute Gasteiger partial charge is 0.339 e. The highest BCUT2D eigenvalue weighted by Gasteiger charge is 2.48. The molecule has 3 aromatic rings. The maximum absolute atomic E-state index is 12.3. The third kappa shape index (κ3) is 2.48. The summed E-state index contributed by atoms with van der Waals surface area (Å²) in [5, 5.41) is 6.43. The molecular formula is C21H20N6O2. The highest BCUT2D eigenvalue weighted by atomic mass is 16.6. The van der Waals surface area contributed by atoms with Gasteiger partial charge in [0.1, 0.15) is 5.60 Å². The summed E-state index contributed by atoms with van der Waals surface area (Å²) < 4.78 is 5.85. The van der Waals surface area contributed by atoms with Crippen LogP contribution in [0.2, 0.25) is 0 Å². The molecule has 0 amide bonds. The van der Waals surface area contributed by atoms with Crippen LogP contribution in [0.25, 0.3) is 0 Å². The van der Waals surface area contributed by atoms with Crippen molar-refractivity contribution >= 4 is 17.6 Å². The number of nitrogens with one attached hydrogen (secondary N) is 2. The number of ether oxygens (including phenoxy) is 1. The van der Waals surface area contributed by atoms with E-state index in [-0.39, 0.29) is 11.9 Å². The highest BCUT2D eigenvalue weighted by molar-refractivity contribution is 5.94. The lowest BCUT2D eigenvalue weighted by atomic mass is 9.75. The molecule has 2 aliphatic heterocycles. The summed E-state index contributed by atoms with van der Waals surface area (Å²) >= 11 is 0. The van der Waals surface area contributed by atoms with E-state index in [0.29, 0.717) is 11.5 Å². The fourth-order valence-electron chi connectivity index (χ4n) is 4.62. The zero-order chi connectivity index (χ0) is 19.4. The fraction of sp³-hybridized carbons (Fsp3) is 0.286. The number of hydrazine groups is 2. The third-order valence-electron chi connectivity index (χ3n) is 6.13. The Balaban J connectivity index is 1.17. The molecule has 1 saturated carbocycles. The number of benzene rings is 2. The van der Waals surface area contributed by atoms with Gasteiger partial charge in [0.15, 0.2) is 5.82 Å². The van der Waals surface area contributed by atoms with E-state index in [2.05, 4.69) is 16.1 Å². The zero-order valence-electron chi connectivity index (χ0n) is 15.7. The quantitative estimate of drug-likeness (QED) is 0.652. The summed E-state index contributed by atoms with van der Waals surface area (Å²) in [5.41, 5.74) is 8.63. The molecule has 2 aromatic carbocycles.